The Hall–Kier alpha value is -2.67. The van der Waals surface area contributed by atoms with E-state index in [1.807, 2.05) is 24.3 Å². The van der Waals surface area contributed by atoms with Crippen LogP contribution in [-0.2, 0) is 19.4 Å². The zero-order chi connectivity index (χ0) is 16.9. The molecule has 0 bridgehead atoms. The van der Waals surface area contributed by atoms with Crippen LogP contribution in [0.15, 0.2) is 45.8 Å². The summed E-state index contributed by atoms with van der Waals surface area (Å²) in [6.45, 7) is 0.141. The van der Waals surface area contributed by atoms with Gasteiger partial charge in [0.05, 0.1) is 0 Å². The van der Waals surface area contributed by atoms with Crippen LogP contribution in [0.2, 0.25) is 5.02 Å². The van der Waals surface area contributed by atoms with E-state index in [0.29, 0.717) is 28.8 Å². The third-order valence-electron chi connectivity index (χ3n) is 3.53. The predicted molar refractivity (Wildman–Crippen MR) is 90.3 cm³/mol. The minimum Gasteiger partial charge on any atom is -0.384 e. The van der Waals surface area contributed by atoms with Crippen molar-refractivity contribution in [1.82, 2.24) is 19.9 Å². The molecule has 1 aromatic carbocycles. The van der Waals surface area contributed by atoms with Gasteiger partial charge in [0.25, 0.3) is 5.56 Å². The lowest BCUT2D eigenvalue weighted by Crippen LogP contribution is -2.25. The van der Waals surface area contributed by atoms with Crippen LogP contribution in [0, 0.1) is 0 Å². The fraction of sp³-hybridized carbons (Fsp3) is 0.250. The normalized spacial score (nSPS) is 10.8. The van der Waals surface area contributed by atoms with Gasteiger partial charge in [0.15, 0.2) is 5.82 Å². The van der Waals surface area contributed by atoms with Crippen molar-refractivity contribution in [2.24, 2.45) is 0 Å². The summed E-state index contributed by atoms with van der Waals surface area (Å²) >= 11 is 5.87. The SMILES string of the molecule is CNc1ccnn(Cc2nc(CCc3ccc(Cl)cc3)no2)c1=O. The first-order valence-corrected chi connectivity index (χ1v) is 7.83. The average Bonchev–Trinajstić information content (AvgIpc) is 3.04. The van der Waals surface area contributed by atoms with Gasteiger partial charge >= 0.3 is 0 Å². The molecule has 0 radical (unpaired) electrons. The van der Waals surface area contributed by atoms with Crippen LogP contribution in [0.25, 0.3) is 0 Å². The first-order valence-electron chi connectivity index (χ1n) is 7.45. The maximum Gasteiger partial charge on any atom is 0.290 e. The molecule has 0 spiro atoms. The summed E-state index contributed by atoms with van der Waals surface area (Å²) in [6, 6.07) is 9.26. The second-order valence-electron chi connectivity index (χ2n) is 5.19. The number of nitrogens with one attached hydrogen (secondary N) is 1. The summed E-state index contributed by atoms with van der Waals surface area (Å²) in [7, 11) is 1.68. The van der Waals surface area contributed by atoms with Crippen LogP contribution in [0.5, 0.6) is 0 Å². The van der Waals surface area contributed by atoms with E-state index >= 15 is 0 Å². The zero-order valence-corrected chi connectivity index (χ0v) is 13.8. The zero-order valence-electron chi connectivity index (χ0n) is 13.1. The van der Waals surface area contributed by atoms with Crippen molar-refractivity contribution >= 4 is 17.3 Å². The molecule has 0 aliphatic carbocycles. The van der Waals surface area contributed by atoms with E-state index in [1.54, 1.807) is 19.3 Å². The molecule has 0 atom stereocenters. The molecule has 0 fully saturated rings. The average molecular weight is 346 g/mol. The molecular formula is C16H16ClN5O2. The van der Waals surface area contributed by atoms with Crippen molar-refractivity contribution in [2.75, 3.05) is 12.4 Å². The van der Waals surface area contributed by atoms with Crippen LogP contribution in [-0.4, -0.2) is 27.0 Å². The molecule has 24 heavy (non-hydrogen) atoms. The third kappa shape index (κ3) is 3.80. The minimum absolute atomic E-state index is 0.141. The maximum absolute atomic E-state index is 12.1. The van der Waals surface area contributed by atoms with E-state index in [2.05, 4.69) is 20.6 Å². The molecule has 124 valence electrons. The van der Waals surface area contributed by atoms with E-state index in [4.69, 9.17) is 16.1 Å². The maximum atomic E-state index is 12.1. The Labute approximate surface area is 143 Å². The molecule has 0 aliphatic rings. The first kappa shape index (κ1) is 16.2. The van der Waals surface area contributed by atoms with Gasteiger partial charge in [0.1, 0.15) is 12.2 Å². The molecule has 7 nitrogen and oxygen atoms in total. The highest BCUT2D eigenvalue weighted by molar-refractivity contribution is 6.30. The van der Waals surface area contributed by atoms with E-state index in [0.717, 1.165) is 12.0 Å². The van der Waals surface area contributed by atoms with Gasteiger partial charge < -0.3 is 9.84 Å². The molecule has 2 aromatic heterocycles. The predicted octanol–water partition coefficient (Wildman–Crippen LogP) is 2.15. The van der Waals surface area contributed by atoms with Gasteiger partial charge in [0.2, 0.25) is 5.89 Å². The van der Waals surface area contributed by atoms with Crippen LogP contribution in [0.4, 0.5) is 5.69 Å². The van der Waals surface area contributed by atoms with Gasteiger partial charge in [0, 0.05) is 24.7 Å². The molecule has 8 heteroatoms. The molecule has 0 aliphatic heterocycles. The highest BCUT2D eigenvalue weighted by Gasteiger charge is 2.10. The van der Waals surface area contributed by atoms with Gasteiger partial charge in [-0.05, 0) is 30.2 Å². The summed E-state index contributed by atoms with van der Waals surface area (Å²) < 4.78 is 6.48. The Bertz CT molecular complexity index is 873. The summed E-state index contributed by atoms with van der Waals surface area (Å²) in [5.41, 5.74) is 1.37. The Morgan fingerprint density at radius 3 is 2.75 bits per heavy atom. The van der Waals surface area contributed by atoms with Crippen LogP contribution in [0.3, 0.4) is 0 Å². The summed E-state index contributed by atoms with van der Waals surface area (Å²) in [6.07, 6.45) is 2.97. The van der Waals surface area contributed by atoms with Crippen molar-refractivity contribution in [3.8, 4) is 0 Å². The Morgan fingerprint density at radius 1 is 1.21 bits per heavy atom. The van der Waals surface area contributed by atoms with Gasteiger partial charge in [-0.1, -0.05) is 28.9 Å². The topological polar surface area (TPSA) is 85.8 Å². The number of rotatable bonds is 6. The largest absolute Gasteiger partial charge is 0.384 e. The van der Waals surface area contributed by atoms with E-state index in [1.165, 1.54) is 4.68 Å². The van der Waals surface area contributed by atoms with E-state index < -0.39 is 0 Å². The fourth-order valence-electron chi connectivity index (χ4n) is 2.25. The first-order chi connectivity index (χ1) is 11.7. The van der Waals surface area contributed by atoms with Crippen LogP contribution >= 0.6 is 11.6 Å². The number of anilines is 1. The quantitative estimate of drug-likeness (QED) is 0.736. The Balaban J connectivity index is 1.65. The van der Waals surface area contributed by atoms with E-state index in [-0.39, 0.29) is 12.1 Å². The van der Waals surface area contributed by atoms with Crippen molar-refractivity contribution < 1.29 is 4.52 Å². The Morgan fingerprint density at radius 2 is 2.00 bits per heavy atom. The standard InChI is InChI=1S/C16H16ClN5O2/c1-18-13-8-9-19-22(16(13)23)10-15-20-14(21-24-15)7-4-11-2-5-12(17)6-3-11/h2-3,5-6,8-9,18H,4,7,10H2,1H3. The molecular weight excluding hydrogens is 330 g/mol. The second kappa shape index (κ2) is 7.27. The smallest absolute Gasteiger partial charge is 0.290 e. The minimum atomic E-state index is -0.235. The lowest BCUT2D eigenvalue weighted by Gasteiger charge is -2.03. The summed E-state index contributed by atoms with van der Waals surface area (Å²) in [5, 5.41) is 11.5. The number of hydrogen-bond donors (Lipinski definition) is 1. The van der Waals surface area contributed by atoms with Crippen molar-refractivity contribution in [1.29, 1.82) is 0 Å². The molecule has 0 unspecified atom stereocenters. The van der Waals surface area contributed by atoms with Crippen LogP contribution in [0.1, 0.15) is 17.3 Å². The van der Waals surface area contributed by atoms with Crippen molar-refractivity contribution in [3.05, 3.63) is 69.2 Å². The molecule has 3 aromatic rings. The highest BCUT2D eigenvalue weighted by atomic mass is 35.5. The lowest BCUT2D eigenvalue weighted by molar-refractivity contribution is 0.358. The number of aromatic nitrogens is 4. The number of aryl methyl sites for hydroxylation is 2. The van der Waals surface area contributed by atoms with Gasteiger partial charge in [-0.15, -0.1) is 0 Å². The lowest BCUT2D eigenvalue weighted by atomic mass is 10.1. The number of benzene rings is 1. The second-order valence-corrected chi connectivity index (χ2v) is 5.62. The number of nitrogens with zero attached hydrogens (tertiary/aromatic N) is 4. The molecule has 2 heterocycles. The fourth-order valence-corrected chi connectivity index (χ4v) is 2.37. The summed E-state index contributed by atoms with van der Waals surface area (Å²) in [5.74, 6) is 0.946. The van der Waals surface area contributed by atoms with Crippen molar-refractivity contribution in [2.45, 2.75) is 19.4 Å². The van der Waals surface area contributed by atoms with Gasteiger partial charge in [-0.3, -0.25) is 4.79 Å². The summed E-state index contributed by atoms with van der Waals surface area (Å²) in [4.78, 5) is 16.4. The third-order valence-corrected chi connectivity index (χ3v) is 3.78. The monoisotopic (exact) mass is 345 g/mol. The highest BCUT2D eigenvalue weighted by Crippen LogP contribution is 2.11. The van der Waals surface area contributed by atoms with E-state index in [9.17, 15) is 4.79 Å². The number of hydrogen-bond acceptors (Lipinski definition) is 6. The van der Waals surface area contributed by atoms with Gasteiger partial charge in [-0.2, -0.15) is 10.1 Å². The number of halogens is 1. The molecule has 3 rings (SSSR count). The molecule has 0 amide bonds. The molecule has 0 saturated heterocycles. The van der Waals surface area contributed by atoms with Gasteiger partial charge in [-0.25, -0.2) is 4.68 Å². The van der Waals surface area contributed by atoms with Crippen LogP contribution < -0.4 is 10.9 Å². The molecule has 0 saturated carbocycles. The Kier molecular flexibility index (Phi) is 4.90. The van der Waals surface area contributed by atoms with Crippen molar-refractivity contribution in [3.63, 3.8) is 0 Å². The molecule has 1 N–H and O–H groups in total.